The first kappa shape index (κ1) is 21.7. The maximum Gasteiger partial charge on any atom is 0.327 e. The minimum Gasteiger partial charge on any atom is -0.478 e. The number of hydrogen-bond donors (Lipinski definition) is 2. The summed E-state index contributed by atoms with van der Waals surface area (Å²) < 4.78 is 14.8. The van der Waals surface area contributed by atoms with Crippen LogP contribution in [0.15, 0.2) is 12.7 Å². The Labute approximate surface area is 123 Å². The lowest BCUT2D eigenvalue weighted by Gasteiger charge is -2.01. The number of unbranched alkanes of at least 4 members (excludes halogenated alkanes) is 8. The van der Waals surface area contributed by atoms with Crippen LogP contribution in [0.25, 0.3) is 0 Å². The van der Waals surface area contributed by atoms with E-state index in [2.05, 4.69) is 18.0 Å². The highest BCUT2D eigenvalue weighted by Crippen LogP contribution is 2.15. The third kappa shape index (κ3) is 26.0. The minimum absolute atomic E-state index is 0.435. The molecule has 0 aliphatic heterocycles. The molecule has 20 heavy (non-hydrogen) atoms. The Morgan fingerprint density at radius 2 is 1.50 bits per heavy atom. The first-order valence-electron chi connectivity index (χ1n) is 7.25. The van der Waals surface area contributed by atoms with Crippen LogP contribution in [-0.2, 0) is 13.9 Å². The second-order valence-corrected chi connectivity index (χ2v) is 5.31. The van der Waals surface area contributed by atoms with Gasteiger partial charge in [0.2, 0.25) is 0 Å². The summed E-state index contributed by atoms with van der Waals surface area (Å²) in [6.45, 7) is 5.62. The first-order chi connectivity index (χ1) is 9.54. The quantitative estimate of drug-likeness (QED) is 0.321. The van der Waals surface area contributed by atoms with Crippen molar-refractivity contribution in [3.05, 3.63) is 12.7 Å². The minimum atomic E-state index is -2.69. The molecule has 0 bridgehead atoms. The van der Waals surface area contributed by atoms with E-state index in [0.29, 0.717) is 6.61 Å². The Morgan fingerprint density at radius 1 is 1.10 bits per heavy atom. The highest BCUT2D eigenvalue weighted by molar-refractivity contribution is 7.32. The molecule has 6 heteroatoms. The van der Waals surface area contributed by atoms with Gasteiger partial charge >= 0.3 is 14.2 Å². The van der Waals surface area contributed by atoms with E-state index < -0.39 is 14.2 Å². The van der Waals surface area contributed by atoms with Crippen molar-refractivity contribution in [1.82, 2.24) is 0 Å². The van der Waals surface area contributed by atoms with Crippen LogP contribution in [0.2, 0.25) is 0 Å². The van der Waals surface area contributed by atoms with Gasteiger partial charge in [-0.25, -0.2) is 4.79 Å². The van der Waals surface area contributed by atoms with Crippen LogP contribution >= 0.6 is 8.25 Å². The number of rotatable bonds is 12. The molecule has 0 rings (SSSR count). The molecule has 0 aliphatic carbocycles. The summed E-state index contributed by atoms with van der Waals surface area (Å²) in [5.41, 5.74) is 0. The molecule has 0 spiro atoms. The fourth-order valence-electron chi connectivity index (χ4n) is 1.57. The van der Waals surface area contributed by atoms with Crippen molar-refractivity contribution in [3.8, 4) is 0 Å². The van der Waals surface area contributed by atoms with Gasteiger partial charge in [-0.05, 0) is 6.42 Å². The number of aliphatic carboxylic acids is 1. The monoisotopic (exact) mass is 308 g/mol. The van der Waals surface area contributed by atoms with Crippen LogP contribution in [0.1, 0.15) is 64.7 Å². The molecule has 0 amide bonds. The van der Waals surface area contributed by atoms with Gasteiger partial charge in [0, 0.05) is 6.08 Å². The van der Waals surface area contributed by atoms with Crippen molar-refractivity contribution in [2.75, 3.05) is 6.61 Å². The van der Waals surface area contributed by atoms with Crippen molar-refractivity contribution in [2.24, 2.45) is 0 Å². The van der Waals surface area contributed by atoms with E-state index in [-0.39, 0.29) is 0 Å². The van der Waals surface area contributed by atoms with Crippen molar-refractivity contribution < 1.29 is 23.9 Å². The SMILES string of the molecule is C=CC(=O)O.CCCCCCCCCCCO[PH](=O)O. The third-order valence-corrected chi connectivity index (χ3v) is 3.10. The van der Waals surface area contributed by atoms with E-state index in [1.54, 1.807) is 0 Å². The molecule has 120 valence electrons. The van der Waals surface area contributed by atoms with Gasteiger partial charge in [0.25, 0.3) is 0 Å². The first-order valence-corrected chi connectivity index (χ1v) is 8.52. The molecule has 0 radical (unpaired) electrons. The summed E-state index contributed by atoms with van der Waals surface area (Å²) in [5.74, 6) is -0.981. The van der Waals surface area contributed by atoms with Gasteiger partial charge in [0.1, 0.15) is 0 Å². The fourth-order valence-corrected chi connectivity index (χ4v) is 1.89. The van der Waals surface area contributed by atoms with Crippen LogP contribution in [0, 0.1) is 0 Å². The summed E-state index contributed by atoms with van der Waals surface area (Å²) in [7, 11) is -2.69. The lowest BCUT2D eigenvalue weighted by molar-refractivity contribution is -0.131. The fraction of sp³-hybridized carbons (Fsp3) is 0.786. The van der Waals surface area contributed by atoms with Crippen molar-refractivity contribution in [1.29, 1.82) is 0 Å². The number of carbonyl (C=O) groups is 1. The zero-order valence-electron chi connectivity index (χ0n) is 12.5. The van der Waals surface area contributed by atoms with Gasteiger partial charge in [0.15, 0.2) is 0 Å². The van der Waals surface area contributed by atoms with Crippen LogP contribution in [0.4, 0.5) is 0 Å². The van der Waals surface area contributed by atoms with E-state index in [4.69, 9.17) is 10.00 Å². The van der Waals surface area contributed by atoms with E-state index in [1.165, 1.54) is 44.9 Å². The standard InChI is InChI=1S/C11H25O3P.C3H4O2/c1-2-3-4-5-6-7-8-9-10-11-14-15(12)13;1-2-3(4)5/h15H,2-11H2,1H3,(H,12,13);2H,1H2,(H,4,5). The van der Waals surface area contributed by atoms with Crippen molar-refractivity contribution >= 4 is 14.2 Å². The lowest BCUT2D eigenvalue weighted by atomic mass is 10.1. The maximum absolute atomic E-state index is 10.2. The Kier molecular flexibility index (Phi) is 19.9. The highest BCUT2D eigenvalue weighted by Gasteiger charge is 1.94. The van der Waals surface area contributed by atoms with E-state index in [9.17, 15) is 9.36 Å². The van der Waals surface area contributed by atoms with Gasteiger partial charge in [-0.2, -0.15) is 0 Å². The van der Waals surface area contributed by atoms with Gasteiger partial charge in [0.05, 0.1) is 6.61 Å². The molecule has 0 aromatic heterocycles. The van der Waals surface area contributed by atoms with Crippen LogP contribution < -0.4 is 0 Å². The molecular weight excluding hydrogens is 279 g/mol. The molecule has 0 aromatic rings. The highest BCUT2D eigenvalue weighted by atomic mass is 31.1. The predicted octanol–water partition coefficient (Wildman–Crippen LogP) is 4.17. The normalized spacial score (nSPS) is 11.3. The maximum atomic E-state index is 10.2. The molecule has 0 aromatic carbocycles. The van der Waals surface area contributed by atoms with Gasteiger partial charge < -0.3 is 14.5 Å². The van der Waals surface area contributed by atoms with Gasteiger partial charge in [-0.3, -0.25) is 4.57 Å². The molecule has 1 atom stereocenters. The van der Waals surface area contributed by atoms with Gasteiger partial charge in [-0.1, -0.05) is 64.9 Å². The smallest absolute Gasteiger partial charge is 0.327 e. The van der Waals surface area contributed by atoms with E-state index >= 15 is 0 Å². The molecule has 0 fully saturated rings. The summed E-state index contributed by atoms with van der Waals surface area (Å²) in [5, 5.41) is 7.60. The predicted molar refractivity (Wildman–Crippen MR) is 82.2 cm³/mol. The average molecular weight is 308 g/mol. The third-order valence-electron chi connectivity index (χ3n) is 2.65. The Balaban J connectivity index is 0. The molecule has 0 saturated heterocycles. The second kappa shape index (κ2) is 18.4. The summed E-state index contributed by atoms with van der Waals surface area (Å²) in [4.78, 5) is 17.6. The lowest BCUT2D eigenvalue weighted by Crippen LogP contribution is -1.87. The molecule has 0 heterocycles. The molecule has 1 unspecified atom stereocenters. The van der Waals surface area contributed by atoms with Crippen molar-refractivity contribution in [2.45, 2.75) is 64.7 Å². The van der Waals surface area contributed by atoms with E-state index in [1.807, 2.05) is 0 Å². The topological polar surface area (TPSA) is 83.8 Å². The van der Waals surface area contributed by atoms with Crippen molar-refractivity contribution in [3.63, 3.8) is 0 Å². The van der Waals surface area contributed by atoms with E-state index in [0.717, 1.165) is 18.9 Å². The summed E-state index contributed by atoms with van der Waals surface area (Å²) in [6, 6.07) is 0. The Bertz CT molecular complexity index is 256. The van der Waals surface area contributed by atoms with Crippen LogP contribution in [0.3, 0.4) is 0 Å². The van der Waals surface area contributed by atoms with Crippen LogP contribution in [0.5, 0.6) is 0 Å². The Morgan fingerprint density at radius 3 is 1.85 bits per heavy atom. The second-order valence-electron chi connectivity index (χ2n) is 4.49. The molecule has 0 saturated carbocycles. The summed E-state index contributed by atoms with van der Waals surface area (Å²) >= 11 is 0. The summed E-state index contributed by atoms with van der Waals surface area (Å²) in [6.07, 6.45) is 12.1. The molecule has 0 aliphatic rings. The zero-order valence-corrected chi connectivity index (χ0v) is 13.5. The zero-order chi connectivity index (χ0) is 15.6. The van der Waals surface area contributed by atoms with Gasteiger partial charge in [-0.15, -0.1) is 0 Å². The number of hydrogen-bond acceptors (Lipinski definition) is 3. The number of carboxylic acid groups (broad SMARTS) is 1. The molecule has 5 nitrogen and oxygen atoms in total. The molecular formula is C14H29O5P. The average Bonchev–Trinajstić information content (AvgIpc) is 2.41. The Hall–Kier alpha value is -0.640. The number of carboxylic acids is 1. The largest absolute Gasteiger partial charge is 0.478 e. The molecule has 2 N–H and O–H groups in total. The van der Waals surface area contributed by atoms with Crippen LogP contribution in [-0.4, -0.2) is 22.6 Å².